The summed E-state index contributed by atoms with van der Waals surface area (Å²) in [5.74, 6) is -1.88. The molecule has 1 rings (SSSR count). The summed E-state index contributed by atoms with van der Waals surface area (Å²) in [6.07, 6.45) is 0. The number of carbonyl (C=O) groups excluding carboxylic acids is 1. The van der Waals surface area contributed by atoms with Gasteiger partial charge in [0.15, 0.2) is 10.4 Å². The smallest absolute Gasteiger partial charge is 0.326 e. The maximum Gasteiger partial charge on any atom is 0.326 e. The normalized spacial score (nSPS) is 24.6. The van der Waals surface area contributed by atoms with Gasteiger partial charge in [0.2, 0.25) is 0 Å². The number of nitrogens with zero attached hydrogens (tertiary/aromatic N) is 1. The lowest BCUT2D eigenvalue weighted by atomic mass is 10.4. The molecule has 1 heterocycles. The predicted molar refractivity (Wildman–Crippen MR) is 35.6 cm³/mol. The van der Waals surface area contributed by atoms with Crippen molar-refractivity contribution in [2.45, 2.75) is 5.25 Å². The highest BCUT2D eigenvalue weighted by Crippen LogP contribution is 2.19. The highest BCUT2D eigenvalue weighted by Gasteiger charge is 2.33. The molecule has 1 aliphatic rings. The highest BCUT2D eigenvalue weighted by molar-refractivity contribution is 8.16. The first-order valence-corrected chi connectivity index (χ1v) is 3.26. The third kappa shape index (κ3) is 1.10. The van der Waals surface area contributed by atoms with Gasteiger partial charge in [-0.1, -0.05) is 11.8 Å². The van der Waals surface area contributed by atoms with Crippen LogP contribution in [0.3, 0.4) is 0 Å². The first-order chi connectivity index (χ1) is 4.61. The van der Waals surface area contributed by atoms with E-state index in [1.807, 2.05) is 0 Å². The number of nitrogens with two attached hydrogens (primary N) is 1. The summed E-state index contributed by atoms with van der Waals surface area (Å²) in [6.45, 7) is 0. The SMILES string of the molecule is NC1=NC(=O)[C@@H](C(=O)O)S1. The second kappa shape index (κ2) is 2.30. The number of rotatable bonds is 1. The Labute approximate surface area is 60.3 Å². The van der Waals surface area contributed by atoms with Crippen LogP contribution in [0.2, 0.25) is 0 Å². The van der Waals surface area contributed by atoms with Crippen molar-refractivity contribution in [1.82, 2.24) is 0 Å². The molecule has 6 heteroatoms. The van der Waals surface area contributed by atoms with Gasteiger partial charge in [-0.25, -0.2) is 0 Å². The fourth-order valence-electron chi connectivity index (χ4n) is 0.521. The molecule has 1 aliphatic heterocycles. The molecule has 0 spiro atoms. The molecule has 5 nitrogen and oxygen atoms in total. The maximum atomic E-state index is 10.6. The topological polar surface area (TPSA) is 92.8 Å². The van der Waals surface area contributed by atoms with Crippen LogP contribution in [-0.4, -0.2) is 27.4 Å². The number of hydrogen-bond donors (Lipinski definition) is 2. The lowest BCUT2D eigenvalue weighted by molar-refractivity contribution is -0.139. The van der Waals surface area contributed by atoms with E-state index in [4.69, 9.17) is 10.8 Å². The van der Waals surface area contributed by atoms with Gasteiger partial charge >= 0.3 is 5.97 Å². The number of carboxylic acids is 1. The highest BCUT2D eigenvalue weighted by atomic mass is 32.2. The van der Waals surface area contributed by atoms with E-state index >= 15 is 0 Å². The molecule has 10 heavy (non-hydrogen) atoms. The third-order valence-electron chi connectivity index (χ3n) is 0.908. The largest absolute Gasteiger partial charge is 0.480 e. The molecule has 1 amide bonds. The first-order valence-electron chi connectivity index (χ1n) is 2.38. The van der Waals surface area contributed by atoms with Crippen LogP contribution in [0, 0.1) is 0 Å². The van der Waals surface area contributed by atoms with Gasteiger partial charge in [0.1, 0.15) is 0 Å². The lowest BCUT2D eigenvalue weighted by Crippen LogP contribution is -2.21. The van der Waals surface area contributed by atoms with Crippen LogP contribution in [0.5, 0.6) is 0 Å². The monoisotopic (exact) mass is 160 g/mol. The van der Waals surface area contributed by atoms with E-state index < -0.39 is 17.1 Å². The average Bonchev–Trinajstić information content (AvgIpc) is 2.10. The fourth-order valence-corrected chi connectivity index (χ4v) is 1.16. The lowest BCUT2D eigenvalue weighted by Gasteiger charge is -1.95. The molecule has 0 fully saturated rings. The van der Waals surface area contributed by atoms with Crippen molar-refractivity contribution in [2.75, 3.05) is 0 Å². The van der Waals surface area contributed by atoms with Crippen molar-refractivity contribution in [3.8, 4) is 0 Å². The average molecular weight is 160 g/mol. The van der Waals surface area contributed by atoms with Gasteiger partial charge in [-0.15, -0.1) is 0 Å². The first kappa shape index (κ1) is 7.07. The molecule has 54 valence electrons. The standard InChI is InChI=1S/C4H4N2O3S/c5-4-6-2(7)1(10-4)3(8)9/h1H,(H,8,9)(H2,5,6,7)/t1-/m0/s1. The molecule has 3 N–H and O–H groups in total. The summed E-state index contributed by atoms with van der Waals surface area (Å²) in [7, 11) is 0. The molecule has 0 aliphatic carbocycles. The van der Waals surface area contributed by atoms with Gasteiger partial charge < -0.3 is 10.8 Å². The zero-order valence-corrected chi connectivity index (χ0v) is 5.59. The summed E-state index contributed by atoms with van der Waals surface area (Å²) >= 11 is 0.760. The number of carbonyl (C=O) groups is 2. The van der Waals surface area contributed by atoms with Gasteiger partial charge in [0.25, 0.3) is 5.91 Å². The molecule has 0 aromatic carbocycles. The molecular formula is C4H4N2O3S. The number of aliphatic imine (C=N–C) groups is 1. The summed E-state index contributed by atoms with van der Waals surface area (Å²) in [5, 5.41) is 7.23. The number of thioether (sulfide) groups is 1. The van der Waals surface area contributed by atoms with Crippen LogP contribution in [0.25, 0.3) is 0 Å². The number of amides is 1. The molecule has 1 atom stereocenters. The summed E-state index contributed by atoms with van der Waals surface area (Å²) in [5.41, 5.74) is 5.08. The minimum Gasteiger partial charge on any atom is -0.480 e. The Morgan fingerprint density at radius 2 is 2.40 bits per heavy atom. The molecule has 0 aromatic heterocycles. The van der Waals surface area contributed by atoms with E-state index in [-0.39, 0.29) is 5.17 Å². The summed E-state index contributed by atoms with van der Waals surface area (Å²) in [6, 6.07) is 0. The fraction of sp³-hybridized carbons (Fsp3) is 0.250. The van der Waals surface area contributed by atoms with Crippen molar-refractivity contribution < 1.29 is 14.7 Å². The second-order valence-electron chi connectivity index (χ2n) is 1.62. The Morgan fingerprint density at radius 3 is 2.60 bits per heavy atom. The second-order valence-corrected chi connectivity index (χ2v) is 2.75. The van der Waals surface area contributed by atoms with Gasteiger partial charge in [-0.3, -0.25) is 9.59 Å². The summed E-state index contributed by atoms with van der Waals surface area (Å²) in [4.78, 5) is 24.0. The van der Waals surface area contributed by atoms with E-state index in [0.717, 1.165) is 11.8 Å². The van der Waals surface area contributed by atoms with Gasteiger partial charge in [-0.2, -0.15) is 4.99 Å². The number of carboxylic acid groups (broad SMARTS) is 1. The molecule has 0 bridgehead atoms. The zero-order valence-electron chi connectivity index (χ0n) is 4.77. The Hall–Kier alpha value is -1.04. The van der Waals surface area contributed by atoms with Crippen molar-refractivity contribution in [1.29, 1.82) is 0 Å². The van der Waals surface area contributed by atoms with E-state index in [2.05, 4.69) is 4.99 Å². The van der Waals surface area contributed by atoms with Gasteiger partial charge in [0.05, 0.1) is 0 Å². The molecular weight excluding hydrogens is 156 g/mol. The molecule has 0 saturated heterocycles. The van der Waals surface area contributed by atoms with Crippen molar-refractivity contribution in [3.05, 3.63) is 0 Å². The van der Waals surface area contributed by atoms with Crippen LogP contribution in [0.15, 0.2) is 4.99 Å². The summed E-state index contributed by atoms with van der Waals surface area (Å²) < 4.78 is 0. The van der Waals surface area contributed by atoms with Crippen LogP contribution in [0.1, 0.15) is 0 Å². The minimum atomic E-state index is -1.20. The van der Waals surface area contributed by atoms with E-state index in [1.165, 1.54) is 0 Å². The van der Waals surface area contributed by atoms with Crippen molar-refractivity contribution in [3.63, 3.8) is 0 Å². The van der Waals surface area contributed by atoms with E-state index in [1.54, 1.807) is 0 Å². The van der Waals surface area contributed by atoms with E-state index in [0.29, 0.717) is 0 Å². The molecule has 0 aromatic rings. The quantitative estimate of drug-likeness (QED) is 0.481. The predicted octanol–water partition coefficient (Wildman–Crippen LogP) is -0.972. The van der Waals surface area contributed by atoms with Crippen LogP contribution in [0.4, 0.5) is 0 Å². The van der Waals surface area contributed by atoms with Crippen molar-refractivity contribution in [2.24, 2.45) is 10.7 Å². The number of hydrogen-bond acceptors (Lipinski definition) is 4. The van der Waals surface area contributed by atoms with Crippen LogP contribution in [-0.2, 0) is 9.59 Å². The van der Waals surface area contributed by atoms with E-state index in [9.17, 15) is 9.59 Å². The zero-order chi connectivity index (χ0) is 7.72. The third-order valence-corrected chi connectivity index (χ3v) is 1.88. The minimum absolute atomic E-state index is 0.0254. The molecule has 0 saturated carbocycles. The molecule has 0 radical (unpaired) electrons. The Kier molecular flexibility index (Phi) is 1.62. The van der Waals surface area contributed by atoms with Crippen molar-refractivity contribution >= 4 is 28.8 Å². The van der Waals surface area contributed by atoms with Gasteiger partial charge in [-0.05, 0) is 0 Å². The Balaban J connectivity index is 2.73. The molecule has 0 unspecified atom stereocenters. The van der Waals surface area contributed by atoms with Gasteiger partial charge in [0, 0.05) is 0 Å². The van der Waals surface area contributed by atoms with Crippen LogP contribution >= 0.6 is 11.8 Å². The number of aliphatic carboxylic acids is 1. The number of amidine groups is 1. The Bertz CT molecular complexity index is 225. The van der Waals surface area contributed by atoms with Crippen LogP contribution < -0.4 is 5.73 Å². The maximum absolute atomic E-state index is 10.6. The Morgan fingerprint density at radius 1 is 1.80 bits per heavy atom.